The van der Waals surface area contributed by atoms with Crippen LogP contribution in [0.1, 0.15) is 25.0 Å². The molecule has 0 aliphatic rings. The second-order valence-electron chi connectivity index (χ2n) is 6.24. The maximum Gasteiger partial charge on any atom is 0.244 e. The number of methoxy groups -OCH3 is 1. The number of rotatable bonds is 8. The predicted molar refractivity (Wildman–Crippen MR) is 107 cm³/mol. The van der Waals surface area contributed by atoms with Gasteiger partial charge in [0.05, 0.1) is 7.11 Å². The number of ether oxygens (including phenoxy) is 1. The number of nitrogens with zero attached hydrogens (tertiary/aromatic N) is 1. The summed E-state index contributed by atoms with van der Waals surface area (Å²) < 4.78 is 33.0. The van der Waals surface area contributed by atoms with Crippen LogP contribution in [0.5, 0.6) is 5.75 Å². The fourth-order valence-electron chi connectivity index (χ4n) is 2.74. The first-order valence-electron chi connectivity index (χ1n) is 8.80. The van der Waals surface area contributed by atoms with Crippen LogP contribution in [0.3, 0.4) is 0 Å². The molecule has 0 aliphatic heterocycles. The van der Waals surface area contributed by atoms with E-state index in [1.165, 1.54) is 19.6 Å². The highest BCUT2D eigenvalue weighted by molar-refractivity contribution is 7.89. The molecule has 0 fully saturated rings. The zero-order valence-corrected chi connectivity index (χ0v) is 17.0. The Balaban J connectivity index is 2.12. The fraction of sp³-hybridized carbons (Fsp3) is 0.350. The van der Waals surface area contributed by atoms with Crippen molar-refractivity contribution in [3.8, 4) is 5.75 Å². The molecule has 0 aliphatic carbocycles. The summed E-state index contributed by atoms with van der Waals surface area (Å²) in [7, 11) is -2.32. The highest BCUT2D eigenvalue weighted by Gasteiger charge is 2.20. The number of hydrogen-bond donors (Lipinski definition) is 1. The minimum Gasteiger partial charge on any atom is -0.495 e. The summed E-state index contributed by atoms with van der Waals surface area (Å²) in [4.78, 5) is 13.6. The fourth-order valence-corrected chi connectivity index (χ4v) is 4.02. The van der Waals surface area contributed by atoms with Gasteiger partial charge in [0.2, 0.25) is 15.9 Å². The molecule has 0 saturated carbocycles. The predicted octanol–water partition coefficient (Wildman–Crippen LogP) is 2.90. The Morgan fingerprint density at radius 3 is 2.37 bits per heavy atom. The van der Waals surface area contributed by atoms with Gasteiger partial charge in [-0.1, -0.05) is 25.1 Å². The molecular weight excluding hydrogens is 364 g/mol. The number of carbonyl (C=O) groups is 1. The topological polar surface area (TPSA) is 75.7 Å². The summed E-state index contributed by atoms with van der Waals surface area (Å²) in [5.74, 6) is 0.137. The van der Waals surface area contributed by atoms with E-state index < -0.39 is 10.0 Å². The SMILES string of the molecule is CCc1ccc(N(CCNS(=O)(=O)c2cc(C)ccc2OC)C(C)=O)cc1. The van der Waals surface area contributed by atoms with Crippen molar-refractivity contribution in [2.45, 2.75) is 32.1 Å². The number of amides is 1. The van der Waals surface area contributed by atoms with E-state index in [9.17, 15) is 13.2 Å². The molecule has 2 aromatic carbocycles. The van der Waals surface area contributed by atoms with Crippen LogP contribution in [0.25, 0.3) is 0 Å². The first kappa shape index (κ1) is 20.9. The lowest BCUT2D eigenvalue weighted by Crippen LogP contribution is -2.37. The molecule has 6 nitrogen and oxygen atoms in total. The van der Waals surface area contributed by atoms with Gasteiger partial charge in [-0.2, -0.15) is 0 Å². The van der Waals surface area contributed by atoms with Gasteiger partial charge in [-0.05, 0) is 48.7 Å². The minimum atomic E-state index is -3.75. The Labute approximate surface area is 161 Å². The monoisotopic (exact) mass is 390 g/mol. The van der Waals surface area contributed by atoms with Gasteiger partial charge in [0, 0.05) is 25.7 Å². The number of hydrogen-bond acceptors (Lipinski definition) is 4. The van der Waals surface area contributed by atoms with Gasteiger partial charge in [0.15, 0.2) is 0 Å². The molecule has 0 radical (unpaired) electrons. The Hall–Kier alpha value is -2.38. The first-order chi connectivity index (χ1) is 12.8. The smallest absolute Gasteiger partial charge is 0.244 e. The Morgan fingerprint density at radius 2 is 1.81 bits per heavy atom. The third kappa shape index (κ3) is 5.30. The zero-order valence-electron chi connectivity index (χ0n) is 16.2. The van der Waals surface area contributed by atoms with E-state index in [2.05, 4.69) is 11.6 Å². The molecule has 27 heavy (non-hydrogen) atoms. The lowest BCUT2D eigenvalue weighted by atomic mass is 10.1. The van der Waals surface area contributed by atoms with Gasteiger partial charge in [-0.3, -0.25) is 4.79 Å². The molecule has 0 atom stereocenters. The standard InChI is InChI=1S/C20H26N2O4S/c1-5-17-7-9-18(10-8-17)22(16(3)23)13-12-21-27(24,25)20-14-15(2)6-11-19(20)26-4/h6-11,14,21H,5,12-13H2,1-4H3. The molecule has 0 heterocycles. The summed E-state index contributed by atoms with van der Waals surface area (Å²) in [6.45, 7) is 5.66. The van der Waals surface area contributed by atoms with Crippen LogP contribution in [-0.2, 0) is 21.2 Å². The molecule has 0 saturated heterocycles. The summed E-state index contributed by atoms with van der Waals surface area (Å²) in [6.07, 6.45) is 0.915. The van der Waals surface area contributed by atoms with Crippen LogP contribution in [0, 0.1) is 6.92 Å². The number of nitrogens with one attached hydrogen (secondary N) is 1. The lowest BCUT2D eigenvalue weighted by molar-refractivity contribution is -0.116. The molecule has 0 bridgehead atoms. The zero-order chi connectivity index (χ0) is 20.0. The van der Waals surface area contributed by atoms with E-state index in [4.69, 9.17) is 4.74 Å². The molecule has 7 heteroatoms. The maximum absolute atomic E-state index is 12.6. The number of sulfonamides is 1. The van der Waals surface area contributed by atoms with Crippen molar-refractivity contribution in [3.05, 3.63) is 53.6 Å². The van der Waals surface area contributed by atoms with Crippen molar-refractivity contribution >= 4 is 21.6 Å². The third-order valence-electron chi connectivity index (χ3n) is 4.27. The van der Waals surface area contributed by atoms with Crippen LogP contribution in [0.4, 0.5) is 5.69 Å². The molecule has 146 valence electrons. The maximum atomic E-state index is 12.6. The second-order valence-corrected chi connectivity index (χ2v) is 7.98. The van der Waals surface area contributed by atoms with Gasteiger partial charge >= 0.3 is 0 Å². The van der Waals surface area contributed by atoms with Crippen LogP contribution in [-0.4, -0.2) is 34.5 Å². The molecule has 1 amide bonds. The third-order valence-corrected chi connectivity index (χ3v) is 5.75. The van der Waals surface area contributed by atoms with Gasteiger partial charge in [-0.25, -0.2) is 13.1 Å². The molecule has 2 rings (SSSR count). The van der Waals surface area contributed by atoms with Crippen molar-refractivity contribution in [2.24, 2.45) is 0 Å². The van der Waals surface area contributed by atoms with Crippen LogP contribution in [0.15, 0.2) is 47.4 Å². The number of anilines is 1. The van der Waals surface area contributed by atoms with Crippen LogP contribution < -0.4 is 14.4 Å². The average molecular weight is 391 g/mol. The second kappa shape index (κ2) is 9.01. The van der Waals surface area contributed by atoms with Crippen molar-refractivity contribution in [2.75, 3.05) is 25.1 Å². The van der Waals surface area contributed by atoms with Crippen molar-refractivity contribution < 1.29 is 17.9 Å². The average Bonchev–Trinajstić information content (AvgIpc) is 2.65. The number of carbonyl (C=O) groups excluding carboxylic acids is 1. The van der Waals surface area contributed by atoms with Gasteiger partial charge in [-0.15, -0.1) is 0 Å². The molecule has 0 spiro atoms. The van der Waals surface area contributed by atoms with E-state index >= 15 is 0 Å². The van der Waals surface area contributed by atoms with Crippen LogP contribution in [0.2, 0.25) is 0 Å². The lowest BCUT2D eigenvalue weighted by Gasteiger charge is -2.22. The minimum absolute atomic E-state index is 0.0895. The molecular formula is C20H26N2O4S. The van der Waals surface area contributed by atoms with E-state index in [-0.39, 0.29) is 29.6 Å². The normalized spacial score (nSPS) is 11.3. The summed E-state index contributed by atoms with van der Waals surface area (Å²) in [6, 6.07) is 12.7. The molecule has 0 aromatic heterocycles. The Morgan fingerprint density at radius 1 is 1.15 bits per heavy atom. The van der Waals surface area contributed by atoms with Gasteiger partial charge in [0.1, 0.15) is 10.6 Å². The van der Waals surface area contributed by atoms with Gasteiger partial charge < -0.3 is 9.64 Å². The largest absolute Gasteiger partial charge is 0.495 e. The van der Waals surface area contributed by atoms with Crippen LogP contribution >= 0.6 is 0 Å². The Kier molecular flexibility index (Phi) is 6.98. The molecule has 0 unspecified atom stereocenters. The Bertz CT molecular complexity index is 893. The van der Waals surface area contributed by atoms with Gasteiger partial charge in [0.25, 0.3) is 0 Å². The van der Waals surface area contributed by atoms with Crippen molar-refractivity contribution in [1.29, 1.82) is 0 Å². The summed E-state index contributed by atoms with van der Waals surface area (Å²) in [5.41, 5.74) is 2.74. The van der Waals surface area contributed by atoms with E-state index in [1.54, 1.807) is 23.1 Å². The quantitative estimate of drug-likeness (QED) is 0.752. The van der Waals surface area contributed by atoms with Crippen molar-refractivity contribution in [3.63, 3.8) is 0 Å². The van der Waals surface area contributed by atoms with E-state index in [0.717, 1.165) is 17.7 Å². The molecule has 2 aromatic rings. The molecule has 1 N–H and O–H groups in total. The van der Waals surface area contributed by atoms with Crippen molar-refractivity contribution in [1.82, 2.24) is 4.72 Å². The van der Waals surface area contributed by atoms with E-state index in [1.807, 2.05) is 31.2 Å². The summed E-state index contributed by atoms with van der Waals surface area (Å²) >= 11 is 0. The first-order valence-corrected chi connectivity index (χ1v) is 10.3. The highest BCUT2D eigenvalue weighted by Crippen LogP contribution is 2.24. The number of aryl methyl sites for hydroxylation is 2. The number of benzene rings is 2. The highest BCUT2D eigenvalue weighted by atomic mass is 32.2. The van der Waals surface area contributed by atoms with E-state index in [0.29, 0.717) is 0 Å². The summed E-state index contributed by atoms with van der Waals surface area (Å²) in [5, 5.41) is 0.